The van der Waals surface area contributed by atoms with Crippen molar-refractivity contribution >= 4 is 11.6 Å². The molecule has 0 spiro atoms. The van der Waals surface area contributed by atoms with Crippen LogP contribution in [-0.4, -0.2) is 39.1 Å². The van der Waals surface area contributed by atoms with E-state index in [0.717, 1.165) is 11.3 Å². The molecule has 2 fully saturated rings. The zero-order valence-corrected chi connectivity index (χ0v) is 19.0. The molecule has 0 aliphatic heterocycles. The summed E-state index contributed by atoms with van der Waals surface area (Å²) in [5.41, 5.74) is 7.76. The van der Waals surface area contributed by atoms with Gasteiger partial charge in [0.1, 0.15) is 0 Å². The van der Waals surface area contributed by atoms with Gasteiger partial charge in [0.15, 0.2) is 5.65 Å². The average Bonchev–Trinajstić information content (AvgIpc) is 3.50. The molecule has 0 saturated heterocycles. The maximum absolute atomic E-state index is 12.7. The number of nitrogens with two attached hydrogens (primary N) is 1. The number of hydrogen-bond acceptors (Lipinski definition) is 5. The normalized spacial score (nSPS) is 17.0. The van der Waals surface area contributed by atoms with E-state index in [-0.39, 0.29) is 36.7 Å². The van der Waals surface area contributed by atoms with Gasteiger partial charge >= 0.3 is 0 Å². The first-order chi connectivity index (χ1) is 14.5. The molecule has 0 bridgehead atoms. The molecule has 2 heterocycles. The number of carbonyl (C=O) groups excluding carboxylic acids is 1. The van der Waals surface area contributed by atoms with Gasteiger partial charge in [-0.3, -0.25) is 4.79 Å². The van der Waals surface area contributed by atoms with E-state index in [1.165, 1.54) is 19.3 Å². The minimum absolute atomic E-state index is 0.0417. The standard InChI is InChI=1S/C14H17F2N5O.C5H12O.C3H6/c15-14(16)3-9(4-14)2-13(22)18-6-10-1-12-20-11(5-17)8-21(12)19-7-10;1-5(2,3)6-4;1-2-3-1/h1,7-9H,2-6,17H2,(H,18,22);1-4H3;1-3H2. The Morgan fingerprint density at radius 1 is 1.32 bits per heavy atom. The Morgan fingerprint density at radius 2 is 1.94 bits per heavy atom. The Bertz CT molecular complexity index is 835. The summed E-state index contributed by atoms with van der Waals surface area (Å²) < 4.78 is 32.0. The molecule has 2 aromatic rings. The van der Waals surface area contributed by atoms with Crippen LogP contribution in [-0.2, 0) is 22.6 Å². The van der Waals surface area contributed by atoms with Crippen molar-refractivity contribution in [3.63, 3.8) is 0 Å². The van der Waals surface area contributed by atoms with Gasteiger partial charge in [-0.1, -0.05) is 19.3 Å². The fraction of sp³-hybridized carbons (Fsp3) is 0.682. The van der Waals surface area contributed by atoms with Gasteiger partial charge < -0.3 is 15.8 Å². The Morgan fingerprint density at radius 3 is 2.42 bits per heavy atom. The summed E-state index contributed by atoms with van der Waals surface area (Å²) in [4.78, 5) is 16.0. The number of fused-ring (bicyclic) bond motifs is 1. The van der Waals surface area contributed by atoms with Crippen LogP contribution in [0, 0.1) is 5.92 Å². The summed E-state index contributed by atoms with van der Waals surface area (Å²) in [5.74, 6) is -3.01. The molecule has 9 heteroatoms. The molecule has 4 rings (SSSR count). The first-order valence-electron chi connectivity index (χ1n) is 10.7. The zero-order valence-electron chi connectivity index (χ0n) is 19.0. The maximum Gasteiger partial charge on any atom is 0.248 e. The molecule has 1 amide bonds. The average molecular weight is 440 g/mol. The van der Waals surface area contributed by atoms with E-state index >= 15 is 0 Å². The topological polar surface area (TPSA) is 94.5 Å². The van der Waals surface area contributed by atoms with E-state index in [1.54, 1.807) is 24.0 Å². The number of rotatable bonds is 5. The van der Waals surface area contributed by atoms with E-state index in [4.69, 9.17) is 10.5 Å². The van der Waals surface area contributed by atoms with Gasteiger partial charge in [-0.15, -0.1) is 0 Å². The fourth-order valence-electron chi connectivity index (χ4n) is 2.62. The van der Waals surface area contributed by atoms with Crippen LogP contribution in [0.5, 0.6) is 0 Å². The highest BCUT2D eigenvalue weighted by Gasteiger charge is 2.45. The Balaban J connectivity index is 0.000000317. The second-order valence-corrected chi connectivity index (χ2v) is 9.09. The van der Waals surface area contributed by atoms with Crippen LogP contribution in [0.1, 0.15) is 70.6 Å². The number of halogens is 2. The first-order valence-corrected chi connectivity index (χ1v) is 10.7. The summed E-state index contributed by atoms with van der Waals surface area (Å²) in [6.45, 7) is 6.70. The summed E-state index contributed by atoms with van der Waals surface area (Å²) in [5, 5.41) is 6.91. The predicted molar refractivity (Wildman–Crippen MR) is 116 cm³/mol. The van der Waals surface area contributed by atoms with E-state index in [9.17, 15) is 13.6 Å². The molecule has 2 aliphatic rings. The number of carbonyl (C=O) groups is 1. The maximum atomic E-state index is 12.7. The molecular weight excluding hydrogens is 404 g/mol. The molecule has 2 saturated carbocycles. The highest BCUT2D eigenvalue weighted by molar-refractivity contribution is 5.76. The van der Waals surface area contributed by atoms with E-state index in [0.29, 0.717) is 18.7 Å². The van der Waals surface area contributed by atoms with E-state index in [1.807, 2.05) is 26.8 Å². The van der Waals surface area contributed by atoms with Crippen molar-refractivity contribution in [3.05, 3.63) is 29.7 Å². The highest BCUT2D eigenvalue weighted by Crippen LogP contribution is 2.43. The number of aromatic nitrogens is 3. The van der Waals surface area contributed by atoms with Crippen LogP contribution >= 0.6 is 0 Å². The third kappa shape index (κ3) is 9.69. The molecule has 0 unspecified atom stereocenters. The Hall–Kier alpha value is -2.13. The number of nitrogens with zero attached hydrogens (tertiary/aromatic N) is 3. The quantitative estimate of drug-likeness (QED) is 0.738. The monoisotopic (exact) mass is 439 g/mol. The second-order valence-electron chi connectivity index (χ2n) is 9.09. The SMILES string of the molecule is C1CC1.COC(C)(C)C.NCc1cn2ncc(CNC(=O)CC3CC(F)(F)C3)cc2n1. The Labute approximate surface area is 182 Å². The first kappa shape index (κ1) is 25.1. The lowest BCUT2D eigenvalue weighted by Gasteiger charge is -2.34. The molecule has 2 aliphatic carbocycles. The Kier molecular flexibility index (Phi) is 8.88. The zero-order chi connectivity index (χ0) is 23.1. The third-order valence-corrected chi connectivity index (χ3v) is 4.74. The van der Waals surface area contributed by atoms with Gasteiger partial charge in [-0.25, -0.2) is 18.3 Å². The van der Waals surface area contributed by atoms with Gasteiger partial charge in [-0.05, 0) is 38.3 Å². The number of amides is 1. The summed E-state index contributed by atoms with van der Waals surface area (Å²) in [6.07, 6.45) is 7.64. The highest BCUT2D eigenvalue weighted by atomic mass is 19.3. The molecule has 31 heavy (non-hydrogen) atoms. The van der Waals surface area contributed by atoms with Crippen molar-refractivity contribution < 1.29 is 18.3 Å². The van der Waals surface area contributed by atoms with Crippen LogP contribution in [0.25, 0.3) is 5.65 Å². The van der Waals surface area contributed by atoms with Gasteiger partial charge in [0, 0.05) is 39.5 Å². The van der Waals surface area contributed by atoms with Crippen molar-refractivity contribution in [2.45, 2.75) is 83.9 Å². The largest absolute Gasteiger partial charge is 0.379 e. The number of alkyl halides is 2. The van der Waals surface area contributed by atoms with Gasteiger partial charge in [0.2, 0.25) is 11.8 Å². The summed E-state index contributed by atoms with van der Waals surface area (Å²) in [7, 11) is 1.71. The van der Waals surface area contributed by atoms with Crippen LogP contribution in [0.15, 0.2) is 18.5 Å². The van der Waals surface area contributed by atoms with Crippen molar-refractivity contribution in [2.24, 2.45) is 11.7 Å². The predicted octanol–water partition coefficient (Wildman–Crippen LogP) is 3.84. The lowest BCUT2D eigenvalue weighted by atomic mass is 9.79. The molecular formula is C22H35F2N5O2. The van der Waals surface area contributed by atoms with Crippen LogP contribution < -0.4 is 11.1 Å². The van der Waals surface area contributed by atoms with E-state index in [2.05, 4.69) is 15.4 Å². The van der Waals surface area contributed by atoms with Crippen LogP contribution in [0.4, 0.5) is 8.78 Å². The molecule has 7 nitrogen and oxygen atoms in total. The smallest absolute Gasteiger partial charge is 0.248 e. The summed E-state index contributed by atoms with van der Waals surface area (Å²) in [6, 6.07) is 1.81. The molecule has 2 aromatic heterocycles. The van der Waals surface area contributed by atoms with Crippen molar-refractivity contribution in [2.75, 3.05) is 7.11 Å². The van der Waals surface area contributed by atoms with Crippen molar-refractivity contribution in [1.82, 2.24) is 19.9 Å². The van der Waals surface area contributed by atoms with Gasteiger partial charge in [0.25, 0.3) is 0 Å². The molecule has 0 aromatic carbocycles. The van der Waals surface area contributed by atoms with Crippen molar-refractivity contribution in [3.8, 4) is 0 Å². The molecule has 174 valence electrons. The second kappa shape index (κ2) is 10.9. The molecule has 0 atom stereocenters. The van der Waals surface area contributed by atoms with Gasteiger partial charge in [-0.2, -0.15) is 5.10 Å². The third-order valence-electron chi connectivity index (χ3n) is 4.74. The van der Waals surface area contributed by atoms with Crippen molar-refractivity contribution in [1.29, 1.82) is 0 Å². The fourth-order valence-corrected chi connectivity index (χ4v) is 2.62. The summed E-state index contributed by atoms with van der Waals surface area (Å²) >= 11 is 0. The van der Waals surface area contributed by atoms with E-state index < -0.39 is 5.92 Å². The molecule has 0 radical (unpaired) electrons. The molecule has 3 N–H and O–H groups in total. The minimum atomic E-state index is -2.58. The van der Waals surface area contributed by atoms with Crippen LogP contribution in [0.3, 0.4) is 0 Å². The van der Waals surface area contributed by atoms with Crippen LogP contribution in [0.2, 0.25) is 0 Å². The van der Waals surface area contributed by atoms with Gasteiger partial charge in [0.05, 0.1) is 23.7 Å². The number of nitrogens with one attached hydrogen (secondary N) is 1. The number of imidazole rings is 1. The number of hydrogen-bond donors (Lipinski definition) is 2. The number of methoxy groups -OCH3 is 1. The number of ether oxygens (including phenoxy) is 1. The lowest BCUT2D eigenvalue weighted by molar-refractivity contribution is -0.133. The minimum Gasteiger partial charge on any atom is -0.379 e. The lowest BCUT2D eigenvalue weighted by Crippen LogP contribution is -2.38.